The molecule has 2 aromatic heterocycles. The van der Waals surface area contributed by atoms with Crippen LogP contribution in [0.4, 0.5) is 13.2 Å². The second kappa shape index (κ2) is 5.35. The van der Waals surface area contributed by atoms with E-state index in [4.69, 9.17) is 10.2 Å². The minimum absolute atomic E-state index is 0.0979. The molecule has 19 heavy (non-hydrogen) atoms. The predicted octanol–water partition coefficient (Wildman–Crippen LogP) is 2.04. The van der Waals surface area contributed by atoms with Crippen LogP contribution < -0.4 is 5.73 Å². The summed E-state index contributed by atoms with van der Waals surface area (Å²) in [5.74, 6) is 0.489. The van der Waals surface area contributed by atoms with E-state index in [-0.39, 0.29) is 11.6 Å². The van der Waals surface area contributed by atoms with Gasteiger partial charge in [0.15, 0.2) is 0 Å². The summed E-state index contributed by atoms with van der Waals surface area (Å²) in [6.07, 6.45) is -2.45. The quantitative estimate of drug-likeness (QED) is 0.921. The number of hydrogen-bond donors (Lipinski definition) is 1. The molecule has 0 atom stereocenters. The first-order chi connectivity index (χ1) is 9.00. The molecule has 0 saturated heterocycles. The van der Waals surface area contributed by atoms with E-state index < -0.39 is 11.7 Å². The van der Waals surface area contributed by atoms with Gasteiger partial charge in [0, 0.05) is 12.6 Å². The normalized spacial score (nSPS) is 11.8. The van der Waals surface area contributed by atoms with E-state index >= 15 is 0 Å². The lowest BCUT2D eigenvalue weighted by molar-refractivity contribution is -0.137. The van der Waals surface area contributed by atoms with Gasteiger partial charge in [0.1, 0.15) is 5.69 Å². The molecule has 2 aromatic rings. The summed E-state index contributed by atoms with van der Waals surface area (Å²) in [4.78, 5) is 3.67. The Bertz CT molecular complexity index is 536. The van der Waals surface area contributed by atoms with E-state index in [1.807, 2.05) is 0 Å². The molecular weight excluding hydrogens is 261 g/mol. The first kappa shape index (κ1) is 13.5. The van der Waals surface area contributed by atoms with Crippen molar-refractivity contribution in [2.24, 2.45) is 5.73 Å². The van der Waals surface area contributed by atoms with Gasteiger partial charge in [-0.3, -0.25) is 4.98 Å². The van der Waals surface area contributed by atoms with Gasteiger partial charge in [-0.25, -0.2) is 0 Å². The number of halogens is 3. The van der Waals surface area contributed by atoms with Crippen LogP contribution in [0.3, 0.4) is 0 Å². The van der Waals surface area contributed by atoms with Crippen molar-refractivity contribution in [2.75, 3.05) is 6.54 Å². The Balaban J connectivity index is 2.16. The zero-order valence-corrected chi connectivity index (χ0v) is 9.81. The van der Waals surface area contributed by atoms with Crippen LogP contribution >= 0.6 is 0 Å². The van der Waals surface area contributed by atoms with Gasteiger partial charge in [-0.1, -0.05) is 0 Å². The maximum absolute atomic E-state index is 12.4. The molecule has 0 radical (unpaired) electrons. The second-order valence-corrected chi connectivity index (χ2v) is 3.82. The largest absolute Gasteiger partial charge is 0.419 e. The molecule has 0 fully saturated rings. The number of pyridine rings is 1. The number of aryl methyl sites for hydroxylation is 1. The third-order valence-corrected chi connectivity index (χ3v) is 2.37. The fourth-order valence-electron chi connectivity index (χ4n) is 1.40. The highest BCUT2D eigenvalue weighted by molar-refractivity contribution is 5.46. The van der Waals surface area contributed by atoms with Gasteiger partial charge in [0.2, 0.25) is 5.89 Å². The molecule has 0 spiro atoms. The van der Waals surface area contributed by atoms with Crippen molar-refractivity contribution < 1.29 is 17.6 Å². The van der Waals surface area contributed by atoms with Crippen molar-refractivity contribution >= 4 is 0 Å². The lowest BCUT2D eigenvalue weighted by Gasteiger charge is -2.05. The van der Waals surface area contributed by atoms with Crippen LogP contribution in [-0.2, 0) is 12.6 Å². The van der Waals surface area contributed by atoms with Crippen LogP contribution in [0.5, 0.6) is 0 Å². The SMILES string of the molecule is NCCCc1nnc(-c2ccc(C(F)(F)F)cn2)o1. The molecule has 0 unspecified atom stereocenters. The molecule has 0 aliphatic rings. The summed E-state index contributed by atoms with van der Waals surface area (Å²) in [7, 11) is 0. The summed E-state index contributed by atoms with van der Waals surface area (Å²) < 4.78 is 42.4. The Morgan fingerprint density at radius 1 is 1.21 bits per heavy atom. The van der Waals surface area contributed by atoms with Crippen LogP contribution in [0.1, 0.15) is 17.9 Å². The molecule has 0 aliphatic heterocycles. The van der Waals surface area contributed by atoms with Gasteiger partial charge in [0.25, 0.3) is 5.89 Å². The number of alkyl halides is 3. The van der Waals surface area contributed by atoms with Crippen molar-refractivity contribution in [1.82, 2.24) is 15.2 Å². The summed E-state index contributed by atoms with van der Waals surface area (Å²) in [6.45, 7) is 0.496. The Kier molecular flexibility index (Phi) is 3.79. The lowest BCUT2D eigenvalue weighted by atomic mass is 10.2. The molecule has 0 aromatic carbocycles. The smallest absolute Gasteiger partial charge is 0.417 e. The Morgan fingerprint density at radius 2 is 2.00 bits per heavy atom. The Morgan fingerprint density at radius 3 is 2.58 bits per heavy atom. The van der Waals surface area contributed by atoms with Crippen LogP contribution in [0.15, 0.2) is 22.7 Å². The molecular formula is C11H11F3N4O. The number of nitrogens with zero attached hydrogens (tertiary/aromatic N) is 3. The second-order valence-electron chi connectivity index (χ2n) is 3.82. The lowest BCUT2D eigenvalue weighted by Crippen LogP contribution is -2.05. The van der Waals surface area contributed by atoms with Crippen molar-refractivity contribution in [3.05, 3.63) is 29.8 Å². The summed E-state index contributed by atoms with van der Waals surface area (Å²) in [6, 6.07) is 2.12. The molecule has 0 aliphatic carbocycles. The van der Waals surface area contributed by atoms with Crippen molar-refractivity contribution in [2.45, 2.75) is 19.0 Å². The molecule has 0 amide bonds. The highest BCUT2D eigenvalue weighted by Crippen LogP contribution is 2.29. The van der Waals surface area contributed by atoms with E-state index in [0.29, 0.717) is 25.3 Å². The number of rotatable bonds is 4. The average molecular weight is 272 g/mol. The zero-order valence-electron chi connectivity index (χ0n) is 9.81. The number of nitrogens with two attached hydrogens (primary N) is 1. The topological polar surface area (TPSA) is 77.8 Å². The van der Waals surface area contributed by atoms with E-state index in [1.165, 1.54) is 6.07 Å². The third-order valence-electron chi connectivity index (χ3n) is 2.37. The van der Waals surface area contributed by atoms with Crippen LogP contribution in [0, 0.1) is 0 Å². The Hall–Kier alpha value is -1.96. The first-order valence-corrected chi connectivity index (χ1v) is 5.57. The van der Waals surface area contributed by atoms with Crippen LogP contribution in [-0.4, -0.2) is 21.7 Å². The van der Waals surface area contributed by atoms with E-state index in [1.54, 1.807) is 0 Å². The highest BCUT2D eigenvalue weighted by Gasteiger charge is 2.30. The summed E-state index contributed by atoms with van der Waals surface area (Å²) in [5, 5.41) is 7.50. The minimum Gasteiger partial charge on any atom is -0.419 e. The molecule has 0 bridgehead atoms. The molecule has 0 saturated carbocycles. The van der Waals surface area contributed by atoms with Gasteiger partial charge >= 0.3 is 6.18 Å². The van der Waals surface area contributed by atoms with Crippen LogP contribution in [0.2, 0.25) is 0 Å². The van der Waals surface area contributed by atoms with Crippen molar-refractivity contribution in [3.8, 4) is 11.6 Å². The molecule has 2 heterocycles. The monoisotopic (exact) mass is 272 g/mol. The van der Waals surface area contributed by atoms with Crippen molar-refractivity contribution in [1.29, 1.82) is 0 Å². The molecule has 5 nitrogen and oxygen atoms in total. The molecule has 8 heteroatoms. The maximum Gasteiger partial charge on any atom is 0.417 e. The molecule has 102 valence electrons. The van der Waals surface area contributed by atoms with Crippen LogP contribution in [0.25, 0.3) is 11.6 Å². The molecule has 2 N–H and O–H groups in total. The van der Waals surface area contributed by atoms with Crippen molar-refractivity contribution in [3.63, 3.8) is 0 Å². The summed E-state index contributed by atoms with van der Waals surface area (Å²) in [5.41, 5.74) is 4.73. The zero-order chi connectivity index (χ0) is 13.9. The van der Waals surface area contributed by atoms with Gasteiger partial charge in [-0.15, -0.1) is 10.2 Å². The first-order valence-electron chi connectivity index (χ1n) is 5.57. The standard InChI is InChI=1S/C11H11F3N4O/c12-11(13,14)7-3-4-8(16-6-7)10-18-17-9(19-10)2-1-5-15/h3-4,6H,1-2,5,15H2. The number of hydrogen-bond acceptors (Lipinski definition) is 5. The maximum atomic E-state index is 12.4. The van der Waals surface area contributed by atoms with E-state index in [9.17, 15) is 13.2 Å². The van der Waals surface area contributed by atoms with Gasteiger partial charge < -0.3 is 10.2 Å². The predicted molar refractivity (Wildman–Crippen MR) is 59.9 cm³/mol. The molecule has 2 rings (SSSR count). The fourth-order valence-corrected chi connectivity index (χ4v) is 1.40. The highest BCUT2D eigenvalue weighted by atomic mass is 19.4. The van der Waals surface area contributed by atoms with Gasteiger partial charge in [-0.2, -0.15) is 13.2 Å². The van der Waals surface area contributed by atoms with Gasteiger partial charge in [-0.05, 0) is 25.1 Å². The average Bonchev–Trinajstić information content (AvgIpc) is 2.84. The van der Waals surface area contributed by atoms with E-state index in [0.717, 1.165) is 12.3 Å². The third kappa shape index (κ3) is 3.28. The summed E-state index contributed by atoms with van der Waals surface area (Å²) >= 11 is 0. The minimum atomic E-state index is -4.41. The van der Waals surface area contributed by atoms with Gasteiger partial charge in [0.05, 0.1) is 5.56 Å². The number of aromatic nitrogens is 3. The fraction of sp³-hybridized carbons (Fsp3) is 0.364. The Labute approximate surface area is 106 Å². The van der Waals surface area contributed by atoms with E-state index in [2.05, 4.69) is 15.2 Å².